The van der Waals surface area contributed by atoms with E-state index in [1.54, 1.807) is 0 Å². The molecule has 0 radical (unpaired) electrons. The Kier molecular flexibility index (Phi) is 3.57. The van der Waals surface area contributed by atoms with Crippen LogP contribution in [0.5, 0.6) is 0 Å². The summed E-state index contributed by atoms with van der Waals surface area (Å²) in [5.74, 6) is -0.684. The predicted octanol–water partition coefficient (Wildman–Crippen LogP) is 0.895. The average molecular weight is 336 g/mol. The van der Waals surface area contributed by atoms with E-state index in [9.17, 15) is 12.8 Å². The zero-order valence-corrected chi connectivity index (χ0v) is 11.2. The number of nitrogens with zero attached hydrogens (tertiary/aromatic N) is 4. The summed E-state index contributed by atoms with van der Waals surface area (Å²) >= 11 is 2.80. The van der Waals surface area contributed by atoms with Crippen LogP contribution < -0.4 is 4.72 Å². The zero-order valence-electron chi connectivity index (χ0n) is 8.79. The Hall–Kier alpha value is -1.55. The number of aromatic nitrogens is 4. The van der Waals surface area contributed by atoms with E-state index in [2.05, 4.69) is 36.2 Å². The first-order chi connectivity index (χ1) is 8.52. The molecule has 2 aromatic rings. The molecule has 0 fully saturated rings. The molecule has 0 unspecified atom stereocenters. The highest BCUT2D eigenvalue weighted by Crippen LogP contribution is 2.19. The van der Waals surface area contributed by atoms with Gasteiger partial charge in [-0.3, -0.25) is 4.72 Å². The SMILES string of the molecule is O=S(=O)(CBr)Nc1cc(-n2cnnn2)ccc1F. The first-order valence-electron chi connectivity index (χ1n) is 4.61. The van der Waals surface area contributed by atoms with Gasteiger partial charge in [-0.25, -0.2) is 17.5 Å². The van der Waals surface area contributed by atoms with Gasteiger partial charge in [0.1, 0.15) is 16.8 Å². The Morgan fingerprint density at radius 1 is 1.44 bits per heavy atom. The summed E-state index contributed by atoms with van der Waals surface area (Å²) in [7, 11) is -3.61. The molecule has 0 atom stereocenters. The lowest BCUT2D eigenvalue weighted by Crippen LogP contribution is -2.14. The number of sulfonamides is 1. The lowest BCUT2D eigenvalue weighted by Gasteiger charge is -2.08. The van der Waals surface area contributed by atoms with Crippen molar-refractivity contribution < 1.29 is 12.8 Å². The van der Waals surface area contributed by atoms with Crippen molar-refractivity contribution >= 4 is 31.6 Å². The van der Waals surface area contributed by atoms with Crippen LogP contribution in [0.1, 0.15) is 0 Å². The van der Waals surface area contributed by atoms with Crippen molar-refractivity contribution in [1.29, 1.82) is 0 Å². The summed E-state index contributed by atoms with van der Waals surface area (Å²) in [4.78, 5) is 0. The summed E-state index contributed by atoms with van der Waals surface area (Å²) in [5, 5.41) is 10.5. The number of hydrogen-bond donors (Lipinski definition) is 1. The molecule has 10 heteroatoms. The molecule has 0 bridgehead atoms. The van der Waals surface area contributed by atoms with Gasteiger partial charge in [-0.15, -0.1) is 5.10 Å². The first-order valence-corrected chi connectivity index (χ1v) is 7.38. The summed E-state index contributed by atoms with van der Waals surface area (Å²) < 4.78 is 39.2. The van der Waals surface area contributed by atoms with Gasteiger partial charge in [0, 0.05) is 0 Å². The third-order valence-corrected chi connectivity index (χ3v) is 4.60. The first kappa shape index (κ1) is 12.9. The normalized spacial score (nSPS) is 11.4. The number of nitrogens with one attached hydrogen (secondary N) is 1. The van der Waals surface area contributed by atoms with Crippen molar-refractivity contribution in [2.24, 2.45) is 0 Å². The maximum Gasteiger partial charge on any atom is 0.242 e. The maximum atomic E-state index is 13.5. The van der Waals surface area contributed by atoms with Gasteiger partial charge in [0.2, 0.25) is 10.0 Å². The minimum atomic E-state index is -3.61. The molecule has 0 saturated carbocycles. The Morgan fingerprint density at radius 2 is 2.22 bits per heavy atom. The molecule has 2 rings (SSSR count). The quantitative estimate of drug-likeness (QED) is 0.838. The maximum absolute atomic E-state index is 13.5. The van der Waals surface area contributed by atoms with Gasteiger partial charge in [-0.05, 0) is 28.6 Å². The molecule has 0 saturated heterocycles. The molecule has 1 heterocycles. The van der Waals surface area contributed by atoms with Gasteiger partial charge in [0.25, 0.3) is 0 Å². The lowest BCUT2D eigenvalue weighted by atomic mass is 10.3. The lowest BCUT2D eigenvalue weighted by molar-refractivity contribution is 0.603. The van der Waals surface area contributed by atoms with Crippen molar-refractivity contribution in [3.63, 3.8) is 0 Å². The zero-order chi connectivity index (χ0) is 13.2. The predicted molar refractivity (Wildman–Crippen MR) is 65.4 cm³/mol. The van der Waals surface area contributed by atoms with E-state index in [1.807, 2.05) is 0 Å². The van der Waals surface area contributed by atoms with E-state index >= 15 is 0 Å². The van der Waals surface area contributed by atoms with Crippen molar-refractivity contribution in [1.82, 2.24) is 20.2 Å². The number of halogens is 2. The van der Waals surface area contributed by atoms with Gasteiger partial charge in [0.15, 0.2) is 0 Å². The molecular weight excluding hydrogens is 329 g/mol. The number of rotatable bonds is 4. The molecule has 1 aromatic heterocycles. The monoisotopic (exact) mass is 335 g/mol. The highest BCUT2D eigenvalue weighted by Gasteiger charge is 2.12. The molecular formula is C8H7BrFN5O2S. The smallest absolute Gasteiger partial charge is 0.242 e. The minimum absolute atomic E-state index is 0.164. The molecule has 0 amide bonds. The van der Waals surface area contributed by atoms with Crippen molar-refractivity contribution in [2.45, 2.75) is 0 Å². The summed E-state index contributed by atoms with van der Waals surface area (Å²) in [6.45, 7) is 0. The molecule has 0 spiro atoms. The van der Waals surface area contributed by atoms with Gasteiger partial charge >= 0.3 is 0 Å². The second-order valence-corrected chi connectivity index (χ2v) is 6.27. The number of anilines is 1. The fourth-order valence-corrected chi connectivity index (χ4v) is 2.10. The van der Waals surface area contributed by atoms with E-state index in [0.29, 0.717) is 5.69 Å². The van der Waals surface area contributed by atoms with E-state index in [-0.39, 0.29) is 10.3 Å². The fraction of sp³-hybridized carbons (Fsp3) is 0.125. The van der Waals surface area contributed by atoms with E-state index < -0.39 is 15.8 Å². The second kappa shape index (κ2) is 4.98. The van der Waals surface area contributed by atoms with Gasteiger partial charge < -0.3 is 0 Å². The van der Waals surface area contributed by atoms with Crippen LogP contribution in [0.4, 0.5) is 10.1 Å². The topological polar surface area (TPSA) is 89.8 Å². The van der Waals surface area contributed by atoms with Crippen molar-refractivity contribution in [3.8, 4) is 5.69 Å². The largest absolute Gasteiger partial charge is 0.280 e. The Bertz CT molecular complexity index is 646. The van der Waals surface area contributed by atoms with Crippen molar-refractivity contribution in [3.05, 3.63) is 30.3 Å². The van der Waals surface area contributed by atoms with Crippen molar-refractivity contribution in [2.75, 3.05) is 9.38 Å². The molecule has 7 nitrogen and oxygen atoms in total. The van der Waals surface area contributed by atoms with Crippen LogP contribution in [0, 0.1) is 5.82 Å². The third kappa shape index (κ3) is 2.82. The highest BCUT2D eigenvalue weighted by molar-refractivity contribution is 9.10. The van der Waals surface area contributed by atoms with Crippen LogP contribution in [-0.2, 0) is 10.0 Å². The van der Waals surface area contributed by atoms with Crippen LogP contribution >= 0.6 is 15.9 Å². The minimum Gasteiger partial charge on any atom is -0.280 e. The van der Waals surface area contributed by atoms with Crippen LogP contribution in [-0.4, -0.2) is 33.3 Å². The Labute approximate surface area is 110 Å². The second-order valence-electron chi connectivity index (χ2n) is 3.24. The number of benzene rings is 1. The molecule has 96 valence electrons. The molecule has 1 aromatic carbocycles. The Balaban J connectivity index is 2.39. The fourth-order valence-electron chi connectivity index (χ4n) is 1.21. The molecule has 18 heavy (non-hydrogen) atoms. The highest BCUT2D eigenvalue weighted by atomic mass is 79.9. The van der Waals surface area contributed by atoms with Crippen LogP contribution in [0.15, 0.2) is 24.5 Å². The van der Waals surface area contributed by atoms with Gasteiger partial charge in [-0.1, -0.05) is 15.9 Å². The van der Waals surface area contributed by atoms with E-state index in [1.165, 1.54) is 23.1 Å². The Morgan fingerprint density at radius 3 is 2.83 bits per heavy atom. The number of hydrogen-bond acceptors (Lipinski definition) is 5. The summed E-state index contributed by atoms with van der Waals surface area (Å²) in [5.41, 5.74) is 0.274. The summed E-state index contributed by atoms with van der Waals surface area (Å²) in [6.07, 6.45) is 1.32. The van der Waals surface area contributed by atoms with Gasteiger partial charge in [-0.2, -0.15) is 0 Å². The van der Waals surface area contributed by atoms with Crippen LogP contribution in [0.2, 0.25) is 0 Å². The number of alkyl halides is 1. The molecule has 0 aliphatic carbocycles. The molecule has 0 aliphatic heterocycles. The summed E-state index contributed by atoms with van der Waals surface area (Å²) in [6, 6.07) is 3.85. The third-order valence-electron chi connectivity index (χ3n) is 1.97. The molecule has 1 N–H and O–H groups in total. The van der Waals surface area contributed by atoms with Gasteiger partial charge in [0.05, 0.1) is 11.4 Å². The average Bonchev–Trinajstić information content (AvgIpc) is 2.85. The molecule has 0 aliphatic rings. The van der Waals surface area contributed by atoms with E-state index in [4.69, 9.17) is 0 Å². The van der Waals surface area contributed by atoms with Crippen LogP contribution in [0.3, 0.4) is 0 Å². The number of tetrazole rings is 1. The van der Waals surface area contributed by atoms with Crippen LogP contribution in [0.25, 0.3) is 5.69 Å². The van der Waals surface area contributed by atoms with E-state index in [0.717, 1.165) is 6.07 Å². The standard InChI is InChI=1S/C8H7BrFN5O2S/c9-4-18(16,17)12-8-3-6(1-2-7(8)10)15-5-11-13-14-15/h1-3,5,12H,4H2.